The first-order valence-corrected chi connectivity index (χ1v) is 8.27. The second-order valence-corrected chi connectivity index (χ2v) is 7.40. The van der Waals surface area contributed by atoms with Gasteiger partial charge in [-0.05, 0) is 36.8 Å². The number of hydrogen-bond acceptors (Lipinski definition) is 3. The molecule has 1 amide bonds. The average Bonchev–Trinajstić information content (AvgIpc) is 2.80. The van der Waals surface area contributed by atoms with Crippen molar-refractivity contribution >= 4 is 17.2 Å². The highest BCUT2D eigenvalue weighted by Gasteiger charge is 2.33. The predicted octanol–water partition coefficient (Wildman–Crippen LogP) is 3.10. The van der Waals surface area contributed by atoms with Gasteiger partial charge in [0.15, 0.2) is 0 Å². The summed E-state index contributed by atoms with van der Waals surface area (Å²) in [5.74, 6) is 5.53. The zero-order valence-electron chi connectivity index (χ0n) is 13.0. The van der Waals surface area contributed by atoms with Gasteiger partial charge in [0.1, 0.15) is 6.61 Å². The first-order valence-electron chi connectivity index (χ1n) is 7.45. The molecule has 2 N–H and O–H groups in total. The van der Waals surface area contributed by atoms with Gasteiger partial charge in [-0.2, -0.15) is 0 Å². The van der Waals surface area contributed by atoms with Crippen LogP contribution in [0, 0.1) is 24.2 Å². The van der Waals surface area contributed by atoms with Crippen molar-refractivity contribution in [3.63, 3.8) is 0 Å². The maximum atomic E-state index is 12.4. The molecule has 21 heavy (non-hydrogen) atoms. The Labute approximate surface area is 130 Å². The Bertz CT molecular complexity index is 577. The van der Waals surface area contributed by atoms with E-state index in [1.165, 1.54) is 24.2 Å². The molecule has 0 saturated heterocycles. The van der Waals surface area contributed by atoms with Gasteiger partial charge in [0.05, 0.1) is 9.75 Å². The number of carbonyl (C=O) groups excluding carboxylic acids is 1. The molecule has 1 aliphatic carbocycles. The van der Waals surface area contributed by atoms with Gasteiger partial charge in [-0.3, -0.25) is 4.79 Å². The smallest absolute Gasteiger partial charge is 0.261 e. The van der Waals surface area contributed by atoms with Crippen molar-refractivity contribution in [2.75, 3.05) is 6.61 Å². The molecule has 1 aromatic rings. The van der Waals surface area contributed by atoms with Crippen LogP contribution in [0.4, 0.5) is 0 Å². The molecular weight excluding hydrogens is 282 g/mol. The van der Waals surface area contributed by atoms with E-state index in [1.54, 1.807) is 0 Å². The molecular formula is C17H23NO2S. The Hall–Kier alpha value is -1.31. The minimum atomic E-state index is -0.158. The van der Waals surface area contributed by atoms with Crippen LogP contribution in [0.5, 0.6) is 0 Å². The van der Waals surface area contributed by atoms with Crippen molar-refractivity contribution < 1.29 is 9.90 Å². The third-order valence-electron chi connectivity index (χ3n) is 4.24. The number of hydrogen-bond donors (Lipinski definition) is 2. The van der Waals surface area contributed by atoms with Gasteiger partial charge >= 0.3 is 0 Å². The minimum Gasteiger partial charge on any atom is -0.384 e. The monoisotopic (exact) mass is 305 g/mol. The van der Waals surface area contributed by atoms with Crippen molar-refractivity contribution in [3.8, 4) is 11.8 Å². The Morgan fingerprint density at radius 1 is 1.52 bits per heavy atom. The molecule has 1 aliphatic rings. The van der Waals surface area contributed by atoms with Crippen LogP contribution in [0.3, 0.4) is 0 Å². The van der Waals surface area contributed by atoms with Crippen LogP contribution in [0.1, 0.15) is 59.6 Å². The highest BCUT2D eigenvalue weighted by molar-refractivity contribution is 7.14. The summed E-state index contributed by atoms with van der Waals surface area (Å²) in [6, 6.07) is 2.13. The van der Waals surface area contributed by atoms with E-state index < -0.39 is 0 Å². The molecule has 4 heteroatoms. The quantitative estimate of drug-likeness (QED) is 0.825. The highest BCUT2D eigenvalue weighted by atomic mass is 32.1. The summed E-state index contributed by atoms with van der Waals surface area (Å²) in [5.41, 5.74) is 1.16. The molecule has 0 aromatic carbocycles. The molecule has 114 valence electrons. The summed E-state index contributed by atoms with van der Waals surface area (Å²) in [4.78, 5) is 14.0. The molecule has 1 aromatic heterocycles. The molecule has 1 saturated carbocycles. The van der Waals surface area contributed by atoms with Crippen molar-refractivity contribution in [2.45, 2.75) is 52.5 Å². The number of thiophene rings is 1. The fourth-order valence-electron chi connectivity index (χ4n) is 2.83. The van der Waals surface area contributed by atoms with Crippen LogP contribution in [0.15, 0.2) is 6.07 Å². The molecule has 0 bridgehead atoms. The lowest BCUT2D eigenvalue weighted by molar-refractivity contribution is 0.0857. The zero-order valence-corrected chi connectivity index (χ0v) is 13.8. The Morgan fingerprint density at radius 2 is 2.29 bits per heavy atom. The molecule has 1 atom stereocenters. The molecule has 0 aliphatic heterocycles. The number of carbonyl (C=O) groups is 1. The van der Waals surface area contributed by atoms with Crippen LogP contribution in [-0.4, -0.2) is 23.7 Å². The number of aryl methyl sites for hydroxylation is 1. The minimum absolute atomic E-state index is 0.000114. The van der Waals surface area contributed by atoms with Crippen LogP contribution in [-0.2, 0) is 0 Å². The number of nitrogens with one attached hydrogen (secondary N) is 1. The SMILES string of the molecule is Cc1cc(C(=O)NC2CCCCC2(C)C)sc1C#CCO. The Kier molecular flexibility index (Phi) is 5.08. The molecule has 1 fully saturated rings. The maximum Gasteiger partial charge on any atom is 0.261 e. The standard InChI is InChI=1S/C17H23NO2S/c1-12-11-14(21-13(12)7-6-10-19)16(20)18-15-8-4-5-9-17(15,2)3/h11,15,19H,4-5,8-10H2,1-3H3,(H,18,20). The van der Waals surface area contributed by atoms with Gasteiger partial charge < -0.3 is 10.4 Å². The zero-order chi connectivity index (χ0) is 15.5. The highest BCUT2D eigenvalue weighted by Crippen LogP contribution is 2.35. The fourth-order valence-corrected chi connectivity index (χ4v) is 3.78. The molecule has 1 heterocycles. The summed E-state index contributed by atoms with van der Waals surface area (Å²) in [6.07, 6.45) is 4.65. The van der Waals surface area contributed by atoms with Gasteiger partial charge in [0, 0.05) is 6.04 Å². The summed E-state index contributed by atoms with van der Waals surface area (Å²) in [6.45, 7) is 6.25. The first kappa shape index (κ1) is 16.1. The van der Waals surface area contributed by atoms with E-state index in [0.29, 0.717) is 4.88 Å². The Balaban J connectivity index is 2.10. The van der Waals surface area contributed by atoms with Gasteiger partial charge in [-0.25, -0.2) is 0 Å². The van der Waals surface area contributed by atoms with E-state index in [2.05, 4.69) is 31.0 Å². The topological polar surface area (TPSA) is 49.3 Å². The van der Waals surface area contributed by atoms with Crippen LogP contribution in [0.25, 0.3) is 0 Å². The summed E-state index contributed by atoms with van der Waals surface area (Å²) in [7, 11) is 0. The van der Waals surface area contributed by atoms with E-state index in [0.717, 1.165) is 23.3 Å². The van der Waals surface area contributed by atoms with E-state index in [9.17, 15) is 4.79 Å². The second-order valence-electron chi connectivity index (χ2n) is 6.34. The van der Waals surface area contributed by atoms with Crippen molar-refractivity contribution in [1.29, 1.82) is 0 Å². The van der Waals surface area contributed by atoms with E-state index >= 15 is 0 Å². The maximum absolute atomic E-state index is 12.4. The number of rotatable bonds is 2. The predicted molar refractivity (Wildman–Crippen MR) is 86.5 cm³/mol. The van der Waals surface area contributed by atoms with Crippen LogP contribution in [0.2, 0.25) is 0 Å². The van der Waals surface area contributed by atoms with Gasteiger partial charge in [-0.1, -0.05) is 38.5 Å². The van der Waals surface area contributed by atoms with Gasteiger partial charge in [0.2, 0.25) is 0 Å². The van der Waals surface area contributed by atoms with Crippen molar-refractivity contribution in [3.05, 3.63) is 21.4 Å². The van der Waals surface area contributed by atoms with E-state index in [4.69, 9.17) is 5.11 Å². The fraction of sp³-hybridized carbons (Fsp3) is 0.588. The third-order valence-corrected chi connectivity index (χ3v) is 5.39. The van der Waals surface area contributed by atoms with E-state index in [1.807, 2.05) is 13.0 Å². The van der Waals surface area contributed by atoms with Crippen LogP contribution >= 0.6 is 11.3 Å². The number of aliphatic hydroxyl groups is 1. The summed E-state index contributed by atoms with van der Waals surface area (Å²) < 4.78 is 0. The van der Waals surface area contributed by atoms with E-state index in [-0.39, 0.29) is 24.0 Å². The van der Waals surface area contributed by atoms with Crippen molar-refractivity contribution in [2.24, 2.45) is 5.41 Å². The number of aliphatic hydroxyl groups excluding tert-OH is 1. The number of amides is 1. The third kappa shape index (κ3) is 3.87. The first-order chi connectivity index (χ1) is 9.94. The van der Waals surface area contributed by atoms with Crippen molar-refractivity contribution in [1.82, 2.24) is 5.32 Å². The van der Waals surface area contributed by atoms with Gasteiger partial charge in [-0.15, -0.1) is 11.3 Å². The lowest BCUT2D eigenvalue weighted by Crippen LogP contribution is -2.46. The lowest BCUT2D eigenvalue weighted by atomic mass is 9.73. The largest absolute Gasteiger partial charge is 0.384 e. The average molecular weight is 305 g/mol. The summed E-state index contributed by atoms with van der Waals surface area (Å²) >= 11 is 1.40. The Morgan fingerprint density at radius 3 is 2.95 bits per heavy atom. The molecule has 1 unspecified atom stereocenters. The molecule has 0 radical (unpaired) electrons. The molecule has 3 nitrogen and oxygen atoms in total. The van der Waals surface area contributed by atoms with Gasteiger partial charge in [0.25, 0.3) is 5.91 Å². The normalized spacial score (nSPS) is 20.5. The van der Waals surface area contributed by atoms with Crippen LogP contribution < -0.4 is 5.32 Å². The second kappa shape index (κ2) is 6.64. The lowest BCUT2D eigenvalue weighted by Gasteiger charge is -2.38. The summed E-state index contributed by atoms with van der Waals surface area (Å²) in [5, 5.41) is 12.0. The molecule has 0 spiro atoms. The molecule has 2 rings (SSSR count).